The van der Waals surface area contributed by atoms with E-state index in [0.29, 0.717) is 31.3 Å². The van der Waals surface area contributed by atoms with Gasteiger partial charge in [0.05, 0.1) is 11.8 Å². The summed E-state index contributed by atoms with van der Waals surface area (Å²) in [5.41, 5.74) is -2.00. The maximum Gasteiger partial charge on any atom is 0.408 e. The fourth-order valence-electron chi connectivity index (χ4n) is 7.83. The minimum atomic E-state index is -3.91. The number of nitrogens with one attached hydrogen (secondary N) is 2. The van der Waals surface area contributed by atoms with Crippen LogP contribution in [0.2, 0.25) is 0 Å². The van der Waals surface area contributed by atoms with E-state index in [-0.39, 0.29) is 31.7 Å². The van der Waals surface area contributed by atoms with E-state index in [0.717, 1.165) is 33.9 Å². The number of pyridine rings is 2. The molecule has 4 heterocycles. The number of hydrogen-bond acceptors (Lipinski definition) is 9. The standard InChI is InChI=1S/C38H46N6O8S/c1-37(2,3)44(36(48)49)29-16-8-6-4-5-7-12-23-21-38(23,35(47)42-53(50,51)25-17-18-25)41-32(45)30-20-24(22-43(30)34(29)46)52-33-28-14-10-9-13-26(28)27-15-11-19-39-31(27)40-33/h7,9-15,19,23-25,29-30H,4-6,8,16-18,20-22H2,1-3H3,(H,41,45)(H,42,47)(H,48,49)/t23-,24-,29+,30+,38-/m1/s1. The van der Waals surface area contributed by atoms with Gasteiger partial charge in [-0.2, -0.15) is 4.98 Å². The van der Waals surface area contributed by atoms with Gasteiger partial charge in [0, 0.05) is 34.8 Å². The van der Waals surface area contributed by atoms with Crippen LogP contribution < -0.4 is 14.8 Å². The number of carbonyl (C=O) groups excluding carboxylic acids is 3. The highest BCUT2D eigenvalue weighted by molar-refractivity contribution is 7.91. The Morgan fingerprint density at radius 2 is 1.77 bits per heavy atom. The van der Waals surface area contributed by atoms with E-state index in [1.54, 1.807) is 27.0 Å². The Kier molecular flexibility index (Phi) is 9.58. The van der Waals surface area contributed by atoms with Crippen molar-refractivity contribution in [1.29, 1.82) is 0 Å². The molecule has 1 aromatic carbocycles. The first kappa shape index (κ1) is 36.6. The summed E-state index contributed by atoms with van der Waals surface area (Å²) in [6.07, 6.45) is 7.55. The van der Waals surface area contributed by atoms with E-state index in [2.05, 4.69) is 15.0 Å². The number of nitrogens with zero attached hydrogens (tertiary/aromatic N) is 4. The van der Waals surface area contributed by atoms with Gasteiger partial charge in [-0.25, -0.2) is 18.2 Å². The van der Waals surface area contributed by atoms with Crippen LogP contribution in [0.3, 0.4) is 0 Å². The Morgan fingerprint density at radius 3 is 2.49 bits per heavy atom. The first-order valence-corrected chi connectivity index (χ1v) is 19.9. The zero-order valence-corrected chi connectivity index (χ0v) is 31.0. The summed E-state index contributed by atoms with van der Waals surface area (Å²) in [7, 11) is -3.91. The lowest BCUT2D eigenvalue weighted by Crippen LogP contribution is -2.60. The molecule has 3 N–H and O–H groups in total. The molecular formula is C38H46N6O8S. The molecule has 4 aliphatic rings. The van der Waals surface area contributed by atoms with Gasteiger partial charge in [0.25, 0.3) is 5.91 Å². The van der Waals surface area contributed by atoms with Crippen molar-refractivity contribution in [2.45, 2.75) is 113 Å². The largest absolute Gasteiger partial charge is 0.472 e. The Morgan fingerprint density at radius 1 is 1.04 bits per heavy atom. The molecule has 2 aliphatic carbocycles. The second-order valence-corrected chi connectivity index (χ2v) is 17.6. The van der Waals surface area contributed by atoms with Crippen LogP contribution in [0, 0.1) is 5.92 Å². The van der Waals surface area contributed by atoms with E-state index in [1.165, 1.54) is 4.90 Å². The van der Waals surface area contributed by atoms with Gasteiger partial charge in [0.15, 0.2) is 5.65 Å². The highest BCUT2D eigenvalue weighted by Gasteiger charge is 2.62. The van der Waals surface area contributed by atoms with Crippen molar-refractivity contribution in [1.82, 2.24) is 29.8 Å². The van der Waals surface area contributed by atoms with E-state index < -0.39 is 74.3 Å². The summed E-state index contributed by atoms with van der Waals surface area (Å²) < 4.78 is 34.4. The summed E-state index contributed by atoms with van der Waals surface area (Å²) in [6.45, 7) is 5.12. The first-order valence-electron chi connectivity index (χ1n) is 18.4. The molecule has 0 bridgehead atoms. The molecule has 7 rings (SSSR count). The van der Waals surface area contributed by atoms with E-state index in [9.17, 15) is 32.7 Å². The van der Waals surface area contributed by atoms with E-state index in [1.807, 2.05) is 48.6 Å². The minimum Gasteiger partial charge on any atom is -0.472 e. The first-order chi connectivity index (χ1) is 25.2. The predicted molar refractivity (Wildman–Crippen MR) is 196 cm³/mol. The minimum absolute atomic E-state index is 0.0156. The smallest absolute Gasteiger partial charge is 0.408 e. The number of hydrogen-bond donors (Lipinski definition) is 3. The second-order valence-electron chi connectivity index (χ2n) is 15.7. The third kappa shape index (κ3) is 7.27. The molecule has 3 fully saturated rings. The average molecular weight is 747 g/mol. The maximum atomic E-state index is 14.8. The zero-order valence-electron chi connectivity index (χ0n) is 30.2. The molecule has 0 radical (unpaired) electrons. The van der Waals surface area contributed by atoms with Crippen molar-refractivity contribution in [2.75, 3.05) is 6.54 Å². The number of carboxylic acid groups (broad SMARTS) is 1. The lowest BCUT2D eigenvalue weighted by atomic mass is 9.98. The summed E-state index contributed by atoms with van der Waals surface area (Å²) in [4.78, 5) is 67.4. The van der Waals surface area contributed by atoms with Gasteiger partial charge in [-0.15, -0.1) is 0 Å². The molecule has 3 aromatic rings. The molecule has 4 amide bonds. The van der Waals surface area contributed by atoms with Gasteiger partial charge >= 0.3 is 6.09 Å². The van der Waals surface area contributed by atoms with Crippen LogP contribution in [-0.4, -0.2) is 98.2 Å². The van der Waals surface area contributed by atoms with Crippen LogP contribution in [0.5, 0.6) is 5.88 Å². The third-order valence-corrected chi connectivity index (χ3v) is 12.6. The summed E-state index contributed by atoms with van der Waals surface area (Å²) in [5, 5.41) is 15.1. The monoisotopic (exact) mass is 746 g/mol. The van der Waals surface area contributed by atoms with Gasteiger partial charge in [0.2, 0.25) is 27.7 Å². The summed E-state index contributed by atoms with van der Waals surface area (Å²) in [6, 6.07) is 9.07. The van der Waals surface area contributed by atoms with Crippen molar-refractivity contribution in [3.05, 3.63) is 54.7 Å². The Labute approximate surface area is 308 Å². The lowest BCUT2D eigenvalue weighted by Gasteiger charge is -2.41. The molecule has 1 saturated heterocycles. The predicted octanol–water partition coefficient (Wildman–Crippen LogP) is 4.28. The average Bonchev–Trinajstić information content (AvgIpc) is 4.03. The quantitative estimate of drug-likeness (QED) is 0.243. The molecule has 2 aromatic heterocycles. The normalized spacial score (nSPS) is 26.9. The van der Waals surface area contributed by atoms with Crippen LogP contribution in [-0.2, 0) is 24.4 Å². The fourth-order valence-corrected chi connectivity index (χ4v) is 9.19. The van der Waals surface area contributed by atoms with Gasteiger partial charge in [-0.1, -0.05) is 43.2 Å². The van der Waals surface area contributed by atoms with Gasteiger partial charge < -0.3 is 20.1 Å². The number of carbonyl (C=O) groups is 4. The molecule has 2 saturated carbocycles. The number of amides is 4. The van der Waals surface area contributed by atoms with Gasteiger partial charge in [-0.3, -0.25) is 24.0 Å². The van der Waals surface area contributed by atoms with Crippen molar-refractivity contribution in [3.8, 4) is 5.88 Å². The Balaban J connectivity index is 1.25. The van der Waals surface area contributed by atoms with E-state index in [4.69, 9.17) is 9.72 Å². The highest BCUT2D eigenvalue weighted by Crippen LogP contribution is 2.46. The van der Waals surface area contributed by atoms with Crippen LogP contribution in [0.4, 0.5) is 4.79 Å². The summed E-state index contributed by atoms with van der Waals surface area (Å²) >= 11 is 0. The number of rotatable bonds is 6. The van der Waals surface area contributed by atoms with Crippen LogP contribution in [0.15, 0.2) is 54.7 Å². The molecule has 2 aliphatic heterocycles. The number of ether oxygens (including phenoxy) is 1. The molecule has 14 nitrogen and oxygen atoms in total. The Hall–Kier alpha value is -4.79. The van der Waals surface area contributed by atoms with Crippen molar-refractivity contribution in [3.63, 3.8) is 0 Å². The number of benzene rings is 1. The maximum absolute atomic E-state index is 14.8. The van der Waals surface area contributed by atoms with Gasteiger partial charge in [0.1, 0.15) is 23.7 Å². The number of sulfonamides is 1. The van der Waals surface area contributed by atoms with Crippen LogP contribution in [0.1, 0.15) is 78.6 Å². The van der Waals surface area contributed by atoms with Crippen molar-refractivity contribution < 1.29 is 37.4 Å². The molecule has 0 unspecified atom stereocenters. The van der Waals surface area contributed by atoms with Crippen molar-refractivity contribution >= 4 is 55.6 Å². The molecule has 0 spiro atoms. The highest BCUT2D eigenvalue weighted by atomic mass is 32.2. The molecule has 53 heavy (non-hydrogen) atoms. The molecule has 5 atom stereocenters. The van der Waals surface area contributed by atoms with E-state index >= 15 is 0 Å². The lowest BCUT2D eigenvalue weighted by molar-refractivity contribution is -0.144. The van der Waals surface area contributed by atoms with Crippen molar-refractivity contribution in [2.24, 2.45) is 5.92 Å². The second kappa shape index (κ2) is 13.9. The number of allylic oxidation sites excluding steroid dienone is 1. The molecule has 15 heteroatoms. The number of fused-ring (bicyclic) bond motifs is 5. The summed E-state index contributed by atoms with van der Waals surface area (Å²) in [5.74, 6) is -2.16. The topological polar surface area (TPSA) is 188 Å². The molecule has 282 valence electrons. The molecular weight excluding hydrogens is 701 g/mol. The zero-order chi connectivity index (χ0) is 37.7. The number of aromatic nitrogens is 2. The van der Waals surface area contributed by atoms with Crippen LogP contribution >= 0.6 is 0 Å². The SMILES string of the molecule is CC(C)(C)N(C(=O)O)[C@H]1CCCCCC=C[C@@H]2C[C@@]2(C(=O)NS(=O)(=O)C2CC2)NC(=O)[C@@H]2C[C@@H](Oc3nc4ncccc4c4ccccc34)CN2C1=O. The van der Waals surface area contributed by atoms with Crippen LogP contribution in [0.25, 0.3) is 21.8 Å². The third-order valence-electron chi connectivity index (χ3n) is 10.8. The van der Waals surface area contributed by atoms with Gasteiger partial charge in [-0.05, 0) is 82.9 Å². The Bertz CT molecular complexity index is 2100. The fraction of sp³-hybridized carbons (Fsp3) is 0.526.